The minimum Gasteiger partial charge on any atom is -0.481 e. The first kappa shape index (κ1) is 19.4. The number of aliphatic hydroxyl groups is 1. The maximum atomic E-state index is 13.9. The lowest BCUT2D eigenvalue weighted by molar-refractivity contribution is 0.298. The number of hydrogen-bond acceptors (Lipinski definition) is 8. The molecule has 10 nitrogen and oxygen atoms in total. The number of pyridine rings is 1. The average molecular weight is 424 g/mol. The lowest BCUT2D eigenvalue weighted by atomic mass is 10.1. The molecule has 1 aliphatic heterocycles. The van der Waals surface area contributed by atoms with Crippen LogP contribution >= 0.6 is 0 Å². The molecule has 1 aliphatic rings. The summed E-state index contributed by atoms with van der Waals surface area (Å²) in [4.78, 5) is 10.6. The van der Waals surface area contributed by atoms with E-state index < -0.39 is 5.82 Å². The molecule has 31 heavy (non-hydrogen) atoms. The molecule has 0 aromatic carbocycles. The minimum absolute atomic E-state index is 0.00297. The molecule has 5 heterocycles. The zero-order valence-electron chi connectivity index (χ0n) is 16.9. The summed E-state index contributed by atoms with van der Waals surface area (Å²) in [5.74, 6) is 1.39. The van der Waals surface area contributed by atoms with E-state index in [1.807, 2.05) is 12.1 Å². The monoisotopic (exact) mass is 424 g/mol. The number of nitrogens with zero attached hydrogens (tertiary/aromatic N) is 8. The van der Waals surface area contributed by atoms with Crippen LogP contribution in [-0.4, -0.2) is 59.9 Å². The van der Waals surface area contributed by atoms with Gasteiger partial charge in [-0.15, -0.1) is 10.2 Å². The summed E-state index contributed by atoms with van der Waals surface area (Å²) in [6.07, 6.45) is 6.78. The van der Waals surface area contributed by atoms with Crippen molar-refractivity contribution in [3.63, 3.8) is 0 Å². The van der Waals surface area contributed by atoms with Crippen molar-refractivity contribution in [2.75, 3.05) is 25.2 Å². The van der Waals surface area contributed by atoms with Crippen molar-refractivity contribution in [1.29, 1.82) is 0 Å². The summed E-state index contributed by atoms with van der Waals surface area (Å²) in [6.45, 7) is 0.778. The molecule has 0 unspecified atom stereocenters. The van der Waals surface area contributed by atoms with Crippen LogP contribution in [-0.2, 0) is 6.42 Å². The third-order valence-corrected chi connectivity index (χ3v) is 5.42. The fourth-order valence-corrected chi connectivity index (χ4v) is 4.02. The summed E-state index contributed by atoms with van der Waals surface area (Å²) in [6, 6.07) is 5.17. The highest BCUT2D eigenvalue weighted by molar-refractivity contribution is 5.52. The van der Waals surface area contributed by atoms with Gasteiger partial charge in [-0.2, -0.15) is 4.52 Å². The van der Waals surface area contributed by atoms with Gasteiger partial charge >= 0.3 is 0 Å². The Labute approximate surface area is 176 Å². The summed E-state index contributed by atoms with van der Waals surface area (Å²) in [7, 11) is 1.54. The zero-order valence-corrected chi connectivity index (χ0v) is 16.9. The second kappa shape index (κ2) is 7.91. The van der Waals surface area contributed by atoms with E-state index in [1.165, 1.54) is 13.2 Å². The van der Waals surface area contributed by atoms with E-state index in [1.54, 1.807) is 21.6 Å². The Kier molecular flexibility index (Phi) is 4.94. The Hall–Kier alpha value is -3.60. The van der Waals surface area contributed by atoms with E-state index in [-0.39, 0.29) is 12.6 Å². The summed E-state index contributed by atoms with van der Waals surface area (Å²) < 4.78 is 22.6. The fourth-order valence-electron chi connectivity index (χ4n) is 4.02. The topological polar surface area (TPSA) is 106 Å². The summed E-state index contributed by atoms with van der Waals surface area (Å²) in [5, 5.41) is 22.1. The lowest BCUT2D eigenvalue weighted by Gasteiger charge is -2.26. The van der Waals surface area contributed by atoms with Crippen LogP contribution in [0.3, 0.4) is 0 Å². The number of ether oxygens (including phenoxy) is 1. The molecular weight excluding hydrogens is 403 g/mol. The third-order valence-electron chi connectivity index (χ3n) is 5.42. The van der Waals surface area contributed by atoms with Gasteiger partial charge in [0.05, 0.1) is 37.4 Å². The Morgan fingerprint density at radius 3 is 3.00 bits per heavy atom. The van der Waals surface area contributed by atoms with Crippen LogP contribution in [0.2, 0.25) is 0 Å². The molecule has 4 aromatic heterocycles. The molecule has 1 atom stereocenters. The number of hydrogen-bond donors (Lipinski definition) is 1. The third kappa shape index (κ3) is 3.46. The normalized spacial score (nSPS) is 16.4. The molecule has 1 fully saturated rings. The van der Waals surface area contributed by atoms with Crippen LogP contribution < -0.4 is 9.64 Å². The van der Waals surface area contributed by atoms with Gasteiger partial charge in [-0.1, -0.05) is 5.21 Å². The minimum atomic E-state index is -0.396. The predicted octanol–water partition coefficient (Wildman–Crippen LogP) is 1.73. The van der Waals surface area contributed by atoms with E-state index in [0.717, 1.165) is 31.4 Å². The maximum absolute atomic E-state index is 13.9. The fraction of sp³-hybridized carbons (Fsp3) is 0.350. The standard InChI is InChI=1S/C20H21FN8O2/c1-31-20-15(9-13(21)10-23-20)16-3-2-7-27(16)18-5-4-17-22-11-19(29(17)25-18)28-12-14(6-8-30)24-26-28/h4-5,9-12,16,30H,2-3,6-8H2,1H3/t16-/m1/s1. The van der Waals surface area contributed by atoms with E-state index in [9.17, 15) is 4.39 Å². The van der Waals surface area contributed by atoms with Crippen molar-refractivity contribution in [3.05, 3.63) is 53.9 Å². The highest BCUT2D eigenvalue weighted by Gasteiger charge is 2.31. The van der Waals surface area contributed by atoms with Gasteiger partial charge in [-0.05, 0) is 31.0 Å². The summed E-state index contributed by atoms with van der Waals surface area (Å²) >= 11 is 0. The van der Waals surface area contributed by atoms with Gasteiger partial charge in [0.15, 0.2) is 11.5 Å². The lowest BCUT2D eigenvalue weighted by Crippen LogP contribution is -2.25. The molecule has 0 aliphatic carbocycles. The van der Waals surface area contributed by atoms with Crippen LogP contribution in [0.5, 0.6) is 5.88 Å². The van der Waals surface area contributed by atoms with Gasteiger partial charge in [-0.25, -0.2) is 19.0 Å². The molecule has 11 heteroatoms. The molecule has 4 aromatic rings. The maximum Gasteiger partial charge on any atom is 0.218 e. The number of methoxy groups -OCH3 is 1. The van der Waals surface area contributed by atoms with E-state index in [0.29, 0.717) is 35.0 Å². The molecule has 1 N–H and O–H groups in total. The SMILES string of the molecule is COc1ncc(F)cc1[C@H]1CCCN1c1ccc2ncc(-n3cc(CCO)nn3)n2n1. The van der Waals surface area contributed by atoms with E-state index >= 15 is 0 Å². The van der Waals surface area contributed by atoms with E-state index in [2.05, 4.69) is 25.2 Å². The number of aliphatic hydroxyl groups excluding tert-OH is 1. The Bertz CT molecular complexity index is 1220. The zero-order chi connectivity index (χ0) is 21.4. The predicted molar refractivity (Wildman–Crippen MR) is 109 cm³/mol. The second-order valence-electron chi connectivity index (χ2n) is 7.31. The van der Waals surface area contributed by atoms with Crippen molar-refractivity contribution in [3.8, 4) is 11.7 Å². The van der Waals surface area contributed by atoms with Gasteiger partial charge < -0.3 is 14.7 Å². The number of fused-ring (bicyclic) bond motifs is 1. The first-order valence-electron chi connectivity index (χ1n) is 10.0. The average Bonchev–Trinajstić information content (AvgIpc) is 3.52. The Balaban J connectivity index is 1.53. The number of anilines is 1. The quantitative estimate of drug-likeness (QED) is 0.499. The molecular formula is C20H21FN8O2. The van der Waals surface area contributed by atoms with Crippen molar-refractivity contribution >= 4 is 11.5 Å². The molecule has 0 amide bonds. The van der Waals surface area contributed by atoms with Crippen molar-refractivity contribution < 1.29 is 14.2 Å². The van der Waals surface area contributed by atoms with Gasteiger partial charge in [-0.3, -0.25) is 0 Å². The van der Waals surface area contributed by atoms with Gasteiger partial charge in [0.2, 0.25) is 5.88 Å². The second-order valence-corrected chi connectivity index (χ2v) is 7.31. The number of halogens is 1. The molecule has 0 bridgehead atoms. The van der Waals surface area contributed by atoms with Crippen molar-refractivity contribution in [1.82, 2.24) is 34.6 Å². The molecule has 160 valence electrons. The molecule has 5 rings (SSSR count). The Morgan fingerprint density at radius 1 is 1.26 bits per heavy atom. The van der Waals surface area contributed by atoms with Crippen LogP contribution in [0.25, 0.3) is 11.5 Å². The molecule has 1 saturated heterocycles. The first-order chi connectivity index (χ1) is 15.2. The molecule has 0 radical (unpaired) electrons. The first-order valence-corrected chi connectivity index (χ1v) is 10.0. The van der Waals surface area contributed by atoms with E-state index in [4.69, 9.17) is 14.9 Å². The van der Waals surface area contributed by atoms with Crippen LogP contribution in [0.1, 0.15) is 30.1 Å². The number of imidazole rings is 1. The Morgan fingerprint density at radius 2 is 2.16 bits per heavy atom. The largest absolute Gasteiger partial charge is 0.481 e. The van der Waals surface area contributed by atoms with Crippen LogP contribution in [0.15, 0.2) is 36.8 Å². The molecule has 0 spiro atoms. The van der Waals surface area contributed by atoms with Gasteiger partial charge in [0.1, 0.15) is 11.6 Å². The van der Waals surface area contributed by atoms with Crippen LogP contribution in [0, 0.1) is 5.82 Å². The molecule has 0 saturated carbocycles. The summed E-state index contributed by atoms with van der Waals surface area (Å²) in [5.41, 5.74) is 2.05. The highest BCUT2D eigenvalue weighted by atomic mass is 19.1. The van der Waals surface area contributed by atoms with Crippen molar-refractivity contribution in [2.24, 2.45) is 0 Å². The van der Waals surface area contributed by atoms with Crippen LogP contribution in [0.4, 0.5) is 10.2 Å². The van der Waals surface area contributed by atoms with Gasteiger partial charge in [0, 0.05) is 25.1 Å². The smallest absolute Gasteiger partial charge is 0.218 e. The van der Waals surface area contributed by atoms with Gasteiger partial charge in [0.25, 0.3) is 0 Å². The number of rotatable bonds is 6. The highest BCUT2D eigenvalue weighted by Crippen LogP contribution is 2.38. The van der Waals surface area contributed by atoms with Crippen molar-refractivity contribution in [2.45, 2.75) is 25.3 Å². The number of aromatic nitrogens is 7.